The molecule has 0 bridgehead atoms. The Kier molecular flexibility index (Phi) is 17.1. The van der Waals surface area contributed by atoms with E-state index in [0.717, 1.165) is 11.1 Å². The minimum Gasteiger partial charge on any atom is -0.480 e. The number of amides is 2. The van der Waals surface area contributed by atoms with E-state index in [1.54, 1.807) is 101 Å². The van der Waals surface area contributed by atoms with Crippen molar-refractivity contribution < 1.29 is 35.9 Å². The Morgan fingerprint density at radius 1 is 0.566 bits per heavy atom. The van der Waals surface area contributed by atoms with E-state index in [1.165, 1.54) is 60.5 Å². The van der Waals surface area contributed by atoms with Crippen molar-refractivity contribution in [1.29, 1.82) is 0 Å². The number of aromatic nitrogens is 6. The lowest BCUT2D eigenvalue weighted by Crippen LogP contribution is -2.32. The molecule has 0 radical (unpaired) electrons. The molecule has 2 amide bonds. The van der Waals surface area contributed by atoms with Gasteiger partial charge in [0.25, 0.3) is 31.2 Å². The van der Waals surface area contributed by atoms with Gasteiger partial charge in [-0.1, -0.05) is 61.3 Å². The fourth-order valence-electron chi connectivity index (χ4n) is 7.92. The van der Waals surface area contributed by atoms with Crippen LogP contribution in [0.3, 0.4) is 0 Å². The molecule has 4 aromatic heterocycles. The van der Waals surface area contributed by atoms with Crippen LogP contribution < -0.4 is 40.7 Å². The molecule has 0 aliphatic rings. The number of aryl methyl sites for hydroxylation is 2. The molecule has 2 atom stereocenters. The summed E-state index contributed by atoms with van der Waals surface area (Å²) in [6.07, 6.45) is 5.86. The summed E-state index contributed by atoms with van der Waals surface area (Å²) in [4.78, 5) is 67.2. The smallest absolute Gasteiger partial charge is 0.263 e. The number of fused-ring (bicyclic) bond motifs is 2. The van der Waals surface area contributed by atoms with Crippen molar-refractivity contribution in [3.63, 3.8) is 0 Å². The Morgan fingerprint density at radius 3 is 1.29 bits per heavy atom. The molecule has 76 heavy (non-hydrogen) atoms. The lowest BCUT2D eigenvalue weighted by Gasteiger charge is -2.14. The summed E-state index contributed by atoms with van der Waals surface area (Å²) in [5, 5.41) is 6.01. The molecule has 0 fully saturated rings. The van der Waals surface area contributed by atoms with Crippen LogP contribution in [0.25, 0.3) is 44.1 Å². The number of nitrogens with zero attached hydrogens (tertiary/aromatic N) is 6. The van der Waals surface area contributed by atoms with Crippen molar-refractivity contribution in [2.75, 3.05) is 37.8 Å². The Morgan fingerprint density at radius 2 is 0.947 bits per heavy atom. The maximum atomic E-state index is 13.2. The Balaban J connectivity index is 0.000000221. The van der Waals surface area contributed by atoms with Crippen LogP contribution in [-0.2, 0) is 42.7 Å². The topological polar surface area (TPSA) is 265 Å². The van der Waals surface area contributed by atoms with E-state index in [4.69, 9.17) is 32.7 Å². The Labute approximate surface area is 447 Å². The van der Waals surface area contributed by atoms with Crippen LogP contribution >= 0.6 is 23.2 Å². The van der Waals surface area contributed by atoms with E-state index >= 15 is 0 Å². The van der Waals surface area contributed by atoms with Crippen LogP contribution in [0.5, 0.6) is 11.8 Å². The average Bonchev–Trinajstić information content (AvgIpc) is 3.39. The third-order valence-corrected chi connectivity index (χ3v) is 15.7. The number of sulfonamides is 2. The molecule has 396 valence electrons. The minimum absolute atomic E-state index is 0.0635. The molecule has 8 aromatic rings. The number of anilines is 2. The second-order valence-electron chi connectivity index (χ2n) is 17.5. The summed E-state index contributed by atoms with van der Waals surface area (Å²) >= 11 is 12.4. The van der Waals surface area contributed by atoms with E-state index in [1.807, 2.05) is 13.8 Å². The van der Waals surface area contributed by atoms with Gasteiger partial charge in [0.15, 0.2) is 0 Å². The molecule has 0 aliphatic heterocycles. The van der Waals surface area contributed by atoms with Crippen LogP contribution in [0.2, 0.25) is 10.0 Å². The monoisotopic (exact) mass is 1110 g/mol. The number of benzene rings is 4. The molecule has 0 unspecified atom stereocenters. The van der Waals surface area contributed by atoms with Crippen molar-refractivity contribution in [3.05, 3.63) is 152 Å². The van der Waals surface area contributed by atoms with Crippen LogP contribution in [-0.4, -0.2) is 86.0 Å². The normalized spacial score (nSPS) is 12.2. The van der Waals surface area contributed by atoms with Crippen LogP contribution in [0.1, 0.15) is 25.0 Å². The number of pyridine rings is 2. The Bertz CT molecular complexity index is 3660. The lowest BCUT2D eigenvalue weighted by atomic mass is 10.0. The highest BCUT2D eigenvalue weighted by molar-refractivity contribution is 7.93. The third kappa shape index (κ3) is 12.4. The number of carbonyl (C=O) groups is 2. The van der Waals surface area contributed by atoms with Crippen molar-refractivity contribution >= 4 is 88.2 Å². The summed E-state index contributed by atoms with van der Waals surface area (Å²) in [6.45, 7) is 7.40. The molecule has 0 aliphatic carbocycles. The van der Waals surface area contributed by atoms with Gasteiger partial charge >= 0.3 is 0 Å². The van der Waals surface area contributed by atoms with E-state index < -0.39 is 31.9 Å². The molecule has 20 nitrogen and oxygen atoms in total. The first kappa shape index (κ1) is 55.8. The van der Waals surface area contributed by atoms with E-state index in [0.29, 0.717) is 44.1 Å². The van der Waals surface area contributed by atoms with E-state index in [-0.39, 0.29) is 79.0 Å². The molecule has 0 saturated carbocycles. The van der Waals surface area contributed by atoms with Crippen molar-refractivity contribution in [3.8, 4) is 34.0 Å². The fraction of sp³-hybridized carbons (Fsp3) is 0.231. The summed E-state index contributed by atoms with van der Waals surface area (Å²) < 4.78 is 70.8. The predicted octanol–water partition coefficient (Wildman–Crippen LogP) is 7.22. The van der Waals surface area contributed by atoms with Crippen molar-refractivity contribution in [2.24, 2.45) is 11.8 Å². The first-order chi connectivity index (χ1) is 36.1. The molecule has 8 rings (SSSR count). The zero-order valence-electron chi connectivity index (χ0n) is 42.3. The van der Waals surface area contributed by atoms with Gasteiger partial charge in [0.2, 0.25) is 23.6 Å². The fourth-order valence-corrected chi connectivity index (χ4v) is 11.2. The van der Waals surface area contributed by atoms with Crippen molar-refractivity contribution in [1.82, 2.24) is 39.7 Å². The number of hydrogen-bond donors (Lipinski definition) is 4. The van der Waals surface area contributed by atoms with Gasteiger partial charge in [-0.2, -0.15) is 0 Å². The molecule has 4 heterocycles. The van der Waals surface area contributed by atoms with Crippen LogP contribution in [0.4, 0.5) is 11.4 Å². The van der Waals surface area contributed by atoms with Gasteiger partial charge in [-0.15, -0.1) is 0 Å². The van der Waals surface area contributed by atoms with Gasteiger partial charge < -0.3 is 20.1 Å². The molecule has 0 saturated heterocycles. The number of hydrogen-bond acceptors (Lipinski definition) is 14. The Hall–Kier alpha value is -7.92. The summed E-state index contributed by atoms with van der Waals surface area (Å²) in [6, 6.07) is 22.6. The average molecular weight is 1110 g/mol. The van der Waals surface area contributed by atoms with Gasteiger partial charge in [0.05, 0.1) is 70.6 Å². The highest BCUT2D eigenvalue weighted by atomic mass is 35.5. The number of ether oxygens (including phenoxy) is 2. The molecular formula is C52H52Cl2N10O10S2. The minimum atomic E-state index is -4.06. The largest absolute Gasteiger partial charge is 0.480 e. The van der Waals surface area contributed by atoms with Crippen LogP contribution in [0, 0.1) is 25.7 Å². The molecule has 4 N–H and O–H groups in total. The first-order valence-electron chi connectivity index (χ1n) is 23.2. The van der Waals surface area contributed by atoms with Gasteiger partial charge in [-0.05, 0) is 96.8 Å². The molecule has 24 heteroatoms. The number of halogens is 2. The van der Waals surface area contributed by atoms with Gasteiger partial charge in [0.1, 0.15) is 21.2 Å². The summed E-state index contributed by atoms with van der Waals surface area (Å²) in [5.74, 6) is -1.09. The van der Waals surface area contributed by atoms with Gasteiger partial charge in [0, 0.05) is 50.7 Å². The number of nitrogens with one attached hydrogen (secondary N) is 4. The zero-order chi connectivity index (χ0) is 55.2. The highest BCUT2D eigenvalue weighted by Crippen LogP contribution is 2.34. The standard InChI is InChI=1S/2C26H26ClN5O5S/c2*1-15-5-8-23(20(27)9-15)38(35,36)31-22-11-18(12-29-25(22)37-4)17-6-7-21-19(10-17)26(34)32(14-30-21)13-16(2)24(33)28-3/h2*5-12,14,16,31H,13H2,1-4H3,(H,28,33)/t2*16-/m10/s1. The molecule has 0 spiro atoms. The van der Waals surface area contributed by atoms with E-state index in [2.05, 4.69) is 40.0 Å². The van der Waals surface area contributed by atoms with E-state index in [9.17, 15) is 36.0 Å². The summed E-state index contributed by atoms with van der Waals surface area (Å²) in [5.41, 5.74) is 4.50. The van der Waals surface area contributed by atoms with Crippen LogP contribution in [0.15, 0.2) is 129 Å². The lowest BCUT2D eigenvalue weighted by molar-refractivity contribution is -0.125. The number of methoxy groups -OCH3 is 2. The third-order valence-electron chi connectivity index (χ3n) is 12.0. The quantitative estimate of drug-likeness (QED) is 0.0744. The van der Waals surface area contributed by atoms with Gasteiger partial charge in [-0.3, -0.25) is 37.8 Å². The second kappa shape index (κ2) is 23.3. The SMILES string of the molecule is CNC(=O)[C@@H](C)Cn1cnc2ccc(-c3cnc(OC)c(NS(=O)(=O)c4ccc(C)cc4Cl)c3)cc2c1=O.CNC(=O)[C@H](C)Cn1cnc2ccc(-c3cnc(OC)c(NS(=O)(=O)c4ccc(C)cc4Cl)c3)cc2c1=O. The summed E-state index contributed by atoms with van der Waals surface area (Å²) in [7, 11) is -2.28. The second-order valence-corrected chi connectivity index (χ2v) is 21.7. The van der Waals surface area contributed by atoms with Crippen molar-refractivity contribution in [2.45, 2.75) is 50.6 Å². The molecule has 4 aromatic carbocycles. The number of carbonyl (C=O) groups excluding carboxylic acids is 2. The highest BCUT2D eigenvalue weighted by Gasteiger charge is 2.24. The van der Waals surface area contributed by atoms with Gasteiger partial charge in [-0.25, -0.2) is 36.8 Å². The predicted molar refractivity (Wildman–Crippen MR) is 292 cm³/mol. The molecular weight excluding hydrogens is 1060 g/mol. The maximum absolute atomic E-state index is 13.2. The number of rotatable bonds is 16. The zero-order valence-corrected chi connectivity index (χ0v) is 45.4. The maximum Gasteiger partial charge on any atom is 0.263 e. The first-order valence-corrected chi connectivity index (χ1v) is 26.9.